The van der Waals surface area contributed by atoms with E-state index in [1.165, 1.54) is 13.0 Å². The van der Waals surface area contributed by atoms with Crippen LogP contribution in [0.1, 0.15) is 56.7 Å². The molecule has 1 saturated heterocycles. The van der Waals surface area contributed by atoms with E-state index in [1.54, 1.807) is 26.8 Å². The van der Waals surface area contributed by atoms with Gasteiger partial charge in [-0.3, -0.25) is 4.79 Å². The fourth-order valence-electron chi connectivity index (χ4n) is 3.87. The molecule has 1 fully saturated rings. The van der Waals surface area contributed by atoms with Crippen LogP contribution in [0.4, 0.5) is 27.6 Å². The number of rotatable bonds is 7. The normalized spacial score (nSPS) is 21.8. The smallest absolute Gasteiger partial charge is 0.397 e. The fourth-order valence-corrected chi connectivity index (χ4v) is 3.87. The van der Waals surface area contributed by atoms with Crippen LogP contribution in [0.15, 0.2) is 40.2 Å². The first-order valence-corrected chi connectivity index (χ1v) is 11.3. The van der Waals surface area contributed by atoms with Crippen molar-refractivity contribution in [2.75, 3.05) is 18.8 Å². The summed E-state index contributed by atoms with van der Waals surface area (Å²) < 4.78 is 68.2. The standard InChI is InChI=1S/C24H32F5N5O/c1-6-14(3)21(31-11-17(7-2)24(27,28)29)32-12-19-15(4)10-23(25,26)13-34(19)22(35)20-18(30)9-8-16(5)33-20/h7-9,11,15,19,32H,6,10,12-13,30H2,1-5H3/b17-7+,21-14+,31-11-. The largest absolute Gasteiger partial charge is 0.417 e. The van der Waals surface area contributed by atoms with E-state index < -0.39 is 48.5 Å². The van der Waals surface area contributed by atoms with Crippen molar-refractivity contribution in [1.82, 2.24) is 15.2 Å². The van der Waals surface area contributed by atoms with Crippen molar-refractivity contribution in [1.29, 1.82) is 0 Å². The number of aliphatic imine (C=N–C) groups is 1. The Kier molecular flexibility index (Phi) is 9.02. The Bertz CT molecular complexity index is 1020. The molecule has 1 aromatic heterocycles. The number of carbonyl (C=O) groups excluding carboxylic acids is 1. The monoisotopic (exact) mass is 501 g/mol. The number of piperidine rings is 1. The number of anilines is 1. The van der Waals surface area contributed by atoms with Gasteiger partial charge in [-0.15, -0.1) is 0 Å². The number of nitrogens with zero attached hydrogens (tertiary/aromatic N) is 3. The van der Waals surface area contributed by atoms with E-state index in [2.05, 4.69) is 15.3 Å². The van der Waals surface area contributed by atoms with Gasteiger partial charge in [-0.1, -0.05) is 19.9 Å². The molecule has 0 saturated carbocycles. The summed E-state index contributed by atoms with van der Waals surface area (Å²) in [6.45, 7) is 7.25. The summed E-state index contributed by atoms with van der Waals surface area (Å²) in [7, 11) is 0. The molecule has 194 valence electrons. The van der Waals surface area contributed by atoms with Gasteiger partial charge >= 0.3 is 6.18 Å². The molecule has 2 unspecified atom stereocenters. The molecule has 6 nitrogen and oxygen atoms in total. The quantitative estimate of drug-likeness (QED) is 0.394. The summed E-state index contributed by atoms with van der Waals surface area (Å²) in [5, 5.41) is 2.99. The molecule has 2 atom stereocenters. The van der Waals surface area contributed by atoms with Gasteiger partial charge in [0, 0.05) is 24.9 Å². The molecule has 0 aliphatic carbocycles. The van der Waals surface area contributed by atoms with Crippen LogP contribution in [0, 0.1) is 12.8 Å². The average Bonchev–Trinajstić information content (AvgIpc) is 2.76. The van der Waals surface area contributed by atoms with Crippen molar-refractivity contribution in [2.24, 2.45) is 10.9 Å². The number of alkyl halides is 5. The van der Waals surface area contributed by atoms with Crippen LogP contribution in [0.25, 0.3) is 0 Å². The third-order valence-corrected chi connectivity index (χ3v) is 5.99. The molecular weight excluding hydrogens is 469 g/mol. The van der Waals surface area contributed by atoms with Gasteiger partial charge in [-0.2, -0.15) is 13.2 Å². The Balaban J connectivity index is 2.36. The van der Waals surface area contributed by atoms with Crippen molar-refractivity contribution in [2.45, 2.75) is 65.6 Å². The molecule has 2 heterocycles. The predicted octanol–water partition coefficient (Wildman–Crippen LogP) is 5.27. The fraction of sp³-hybridized carbons (Fsp3) is 0.542. The first kappa shape index (κ1) is 28.3. The van der Waals surface area contributed by atoms with Gasteiger partial charge in [0.2, 0.25) is 0 Å². The number of carbonyl (C=O) groups is 1. The number of nitrogen functional groups attached to an aromatic ring is 1. The summed E-state index contributed by atoms with van der Waals surface area (Å²) in [5.41, 5.74) is 6.14. The third kappa shape index (κ3) is 7.25. The van der Waals surface area contributed by atoms with Crippen LogP contribution in [0.2, 0.25) is 0 Å². The molecule has 0 radical (unpaired) electrons. The van der Waals surface area contributed by atoms with E-state index in [4.69, 9.17) is 5.73 Å². The summed E-state index contributed by atoms with van der Waals surface area (Å²) >= 11 is 0. The third-order valence-electron chi connectivity index (χ3n) is 5.99. The minimum absolute atomic E-state index is 0.00983. The highest BCUT2D eigenvalue weighted by atomic mass is 19.4. The average molecular weight is 502 g/mol. The van der Waals surface area contributed by atoms with Crippen LogP contribution < -0.4 is 11.1 Å². The SMILES string of the molecule is C\C=C(/C=N\C(NCC1C(C)CC(F)(F)CN1C(=O)c1nc(C)ccc1N)=C(\C)CC)C(F)(F)F. The second-order valence-electron chi connectivity index (χ2n) is 8.79. The number of pyridine rings is 1. The topological polar surface area (TPSA) is 83.6 Å². The maximum Gasteiger partial charge on any atom is 0.417 e. The number of likely N-dealkylation sites (tertiary alicyclic amines) is 1. The molecule has 1 aliphatic rings. The maximum absolute atomic E-state index is 14.5. The summed E-state index contributed by atoms with van der Waals surface area (Å²) in [6, 6.07) is 2.41. The van der Waals surface area contributed by atoms with Gasteiger partial charge in [0.1, 0.15) is 5.82 Å². The number of nitrogens with two attached hydrogens (primary N) is 1. The zero-order valence-corrected chi connectivity index (χ0v) is 20.5. The van der Waals surface area contributed by atoms with E-state index in [9.17, 15) is 26.7 Å². The molecule has 0 aromatic carbocycles. The Labute approximate surface area is 202 Å². The van der Waals surface area contributed by atoms with Gasteiger partial charge in [-0.05, 0) is 50.8 Å². The zero-order valence-electron chi connectivity index (χ0n) is 20.5. The first-order chi connectivity index (χ1) is 16.2. The van der Waals surface area contributed by atoms with E-state index in [-0.39, 0.29) is 23.7 Å². The molecule has 35 heavy (non-hydrogen) atoms. The molecule has 3 N–H and O–H groups in total. The minimum atomic E-state index is -4.56. The van der Waals surface area contributed by atoms with Crippen molar-refractivity contribution in [3.05, 3.63) is 46.6 Å². The number of aromatic nitrogens is 1. The molecule has 0 spiro atoms. The van der Waals surface area contributed by atoms with Crippen molar-refractivity contribution >= 4 is 17.8 Å². The molecule has 1 amide bonds. The van der Waals surface area contributed by atoms with E-state index in [0.717, 1.165) is 17.2 Å². The number of nitrogens with one attached hydrogen (secondary N) is 1. The lowest BCUT2D eigenvalue weighted by molar-refractivity contribution is -0.0913. The highest BCUT2D eigenvalue weighted by Crippen LogP contribution is 2.35. The summed E-state index contributed by atoms with van der Waals surface area (Å²) in [5.74, 6) is -4.25. The number of hydrogen-bond donors (Lipinski definition) is 2. The van der Waals surface area contributed by atoms with E-state index in [0.29, 0.717) is 17.7 Å². The van der Waals surface area contributed by atoms with Gasteiger partial charge < -0.3 is 16.0 Å². The molecule has 1 aromatic rings. The number of amides is 1. The van der Waals surface area contributed by atoms with E-state index in [1.807, 2.05) is 6.92 Å². The predicted molar refractivity (Wildman–Crippen MR) is 126 cm³/mol. The zero-order chi connectivity index (χ0) is 26.6. The lowest BCUT2D eigenvalue weighted by Crippen LogP contribution is -2.58. The van der Waals surface area contributed by atoms with Crippen molar-refractivity contribution < 1.29 is 26.7 Å². The van der Waals surface area contributed by atoms with Gasteiger partial charge in [0.15, 0.2) is 5.69 Å². The second-order valence-corrected chi connectivity index (χ2v) is 8.79. The molecule has 11 heteroatoms. The van der Waals surface area contributed by atoms with Gasteiger partial charge in [-0.25, -0.2) is 18.8 Å². The highest BCUT2D eigenvalue weighted by Gasteiger charge is 2.46. The maximum atomic E-state index is 14.5. The van der Waals surface area contributed by atoms with Crippen LogP contribution >= 0.6 is 0 Å². The Hall–Kier alpha value is -2.98. The van der Waals surface area contributed by atoms with Crippen molar-refractivity contribution in [3.8, 4) is 0 Å². The summed E-state index contributed by atoms with van der Waals surface area (Å²) in [6.07, 6.45) is -2.86. The number of allylic oxidation sites excluding steroid dienone is 3. The van der Waals surface area contributed by atoms with Crippen LogP contribution in [-0.4, -0.2) is 53.2 Å². The van der Waals surface area contributed by atoms with Gasteiger partial charge in [0.05, 0.1) is 23.8 Å². The molecule has 1 aliphatic heterocycles. The highest BCUT2D eigenvalue weighted by molar-refractivity contribution is 5.97. The Morgan fingerprint density at radius 1 is 1.37 bits per heavy atom. The minimum Gasteiger partial charge on any atom is -0.397 e. The number of aryl methyl sites for hydroxylation is 1. The lowest BCUT2D eigenvalue weighted by atomic mass is 9.88. The van der Waals surface area contributed by atoms with Crippen molar-refractivity contribution in [3.63, 3.8) is 0 Å². The Morgan fingerprint density at radius 2 is 2.03 bits per heavy atom. The first-order valence-electron chi connectivity index (χ1n) is 11.3. The Morgan fingerprint density at radius 3 is 2.60 bits per heavy atom. The van der Waals surface area contributed by atoms with Crippen LogP contribution in [0.3, 0.4) is 0 Å². The van der Waals surface area contributed by atoms with Crippen LogP contribution in [-0.2, 0) is 0 Å². The number of hydrogen-bond acceptors (Lipinski definition) is 5. The second kappa shape index (κ2) is 11.2. The summed E-state index contributed by atoms with van der Waals surface area (Å²) in [4.78, 5) is 22.5. The van der Waals surface area contributed by atoms with Gasteiger partial charge in [0.25, 0.3) is 11.8 Å². The molecule has 2 rings (SSSR count). The number of halogens is 5. The van der Waals surface area contributed by atoms with Crippen LogP contribution in [0.5, 0.6) is 0 Å². The molecule has 0 bridgehead atoms. The molecular formula is C24H32F5N5O. The lowest BCUT2D eigenvalue weighted by Gasteiger charge is -2.43. The van der Waals surface area contributed by atoms with E-state index >= 15 is 0 Å².